The molecule has 0 aromatic carbocycles. The summed E-state index contributed by atoms with van der Waals surface area (Å²) in [5.74, 6) is 0.466. The van der Waals surface area contributed by atoms with Crippen molar-refractivity contribution in [2.75, 3.05) is 26.2 Å². The van der Waals surface area contributed by atoms with E-state index in [1.54, 1.807) is 12.1 Å². The van der Waals surface area contributed by atoms with Crippen LogP contribution in [0.3, 0.4) is 0 Å². The van der Waals surface area contributed by atoms with Gasteiger partial charge in [0, 0.05) is 19.3 Å². The van der Waals surface area contributed by atoms with E-state index < -0.39 is 0 Å². The number of amides is 1. The second-order valence-corrected chi connectivity index (χ2v) is 5.10. The summed E-state index contributed by atoms with van der Waals surface area (Å²) in [6.45, 7) is 5.48. The fourth-order valence-corrected chi connectivity index (χ4v) is 2.50. The van der Waals surface area contributed by atoms with Crippen LogP contribution < -0.4 is 5.32 Å². The Morgan fingerprint density at radius 3 is 3.00 bits per heavy atom. The Balaban J connectivity index is 2.01. The SMILES string of the molecule is CCN(CC1CCCNC1)C(=O)c1ccc(C#N)cn1. The third-order valence-electron chi connectivity index (χ3n) is 3.66. The largest absolute Gasteiger partial charge is 0.337 e. The van der Waals surface area contributed by atoms with Gasteiger partial charge in [-0.1, -0.05) is 0 Å². The van der Waals surface area contributed by atoms with Gasteiger partial charge in [-0.3, -0.25) is 4.79 Å². The van der Waals surface area contributed by atoms with Crippen LogP contribution in [0.25, 0.3) is 0 Å². The standard InChI is InChI=1S/C15H20N4O/c1-2-19(11-13-4-3-7-17-9-13)15(20)14-6-5-12(8-16)10-18-14/h5-6,10,13,17H,2-4,7,9,11H2,1H3. The van der Waals surface area contributed by atoms with E-state index in [9.17, 15) is 4.79 Å². The highest BCUT2D eigenvalue weighted by molar-refractivity contribution is 5.92. The number of carbonyl (C=O) groups excluding carboxylic acids is 1. The molecule has 0 aliphatic carbocycles. The summed E-state index contributed by atoms with van der Waals surface area (Å²) in [7, 11) is 0. The first-order valence-corrected chi connectivity index (χ1v) is 7.10. The highest BCUT2D eigenvalue weighted by atomic mass is 16.2. The van der Waals surface area contributed by atoms with Gasteiger partial charge in [0.2, 0.25) is 0 Å². The lowest BCUT2D eigenvalue weighted by Crippen LogP contribution is -2.41. The first-order chi connectivity index (χ1) is 9.74. The van der Waals surface area contributed by atoms with Crippen molar-refractivity contribution in [1.82, 2.24) is 15.2 Å². The number of piperidine rings is 1. The third-order valence-corrected chi connectivity index (χ3v) is 3.66. The molecule has 1 aromatic rings. The molecule has 1 aliphatic heterocycles. The lowest BCUT2D eigenvalue weighted by molar-refractivity contribution is 0.0723. The Morgan fingerprint density at radius 2 is 2.45 bits per heavy atom. The molecule has 1 unspecified atom stereocenters. The predicted octanol–water partition coefficient (Wildman–Crippen LogP) is 1.41. The summed E-state index contributed by atoms with van der Waals surface area (Å²) in [5.41, 5.74) is 0.885. The molecule has 0 spiro atoms. The molecule has 1 amide bonds. The van der Waals surface area contributed by atoms with Crippen LogP contribution in [0.2, 0.25) is 0 Å². The monoisotopic (exact) mass is 272 g/mol. The second kappa shape index (κ2) is 7.01. The van der Waals surface area contributed by atoms with Gasteiger partial charge in [0.25, 0.3) is 5.91 Å². The van der Waals surface area contributed by atoms with Crippen molar-refractivity contribution in [3.05, 3.63) is 29.6 Å². The molecule has 1 saturated heterocycles. The van der Waals surface area contributed by atoms with E-state index in [1.165, 1.54) is 12.6 Å². The van der Waals surface area contributed by atoms with E-state index in [-0.39, 0.29) is 5.91 Å². The second-order valence-electron chi connectivity index (χ2n) is 5.10. The summed E-state index contributed by atoms with van der Waals surface area (Å²) in [5, 5.41) is 12.1. The molecule has 1 fully saturated rings. The zero-order valence-corrected chi connectivity index (χ0v) is 11.8. The van der Waals surface area contributed by atoms with Crippen molar-refractivity contribution in [3.8, 4) is 6.07 Å². The first kappa shape index (κ1) is 14.5. The lowest BCUT2D eigenvalue weighted by atomic mass is 9.99. The van der Waals surface area contributed by atoms with Gasteiger partial charge in [-0.25, -0.2) is 4.98 Å². The van der Waals surface area contributed by atoms with Gasteiger partial charge in [0.05, 0.1) is 5.56 Å². The van der Waals surface area contributed by atoms with Crippen LogP contribution in [0, 0.1) is 17.2 Å². The van der Waals surface area contributed by atoms with Crippen LogP contribution in [-0.4, -0.2) is 42.0 Å². The molecule has 1 N–H and O–H groups in total. The number of hydrogen-bond acceptors (Lipinski definition) is 4. The van der Waals surface area contributed by atoms with Crippen molar-refractivity contribution in [2.24, 2.45) is 5.92 Å². The number of aromatic nitrogens is 1. The van der Waals surface area contributed by atoms with Crippen molar-refractivity contribution in [3.63, 3.8) is 0 Å². The average molecular weight is 272 g/mol. The summed E-state index contributed by atoms with van der Waals surface area (Å²) in [6, 6.07) is 5.27. The van der Waals surface area contributed by atoms with Crippen molar-refractivity contribution in [1.29, 1.82) is 5.26 Å². The fraction of sp³-hybridized carbons (Fsp3) is 0.533. The normalized spacial score (nSPS) is 18.3. The number of carbonyl (C=O) groups is 1. The van der Waals surface area contributed by atoms with Crippen LogP contribution in [0.15, 0.2) is 18.3 Å². The minimum absolute atomic E-state index is 0.0532. The molecule has 106 valence electrons. The Kier molecular flexibility index (Phi) is 5.08. The summed E-state index contributed by atoms with van der Waals surface area (Å²) in [4.78, 5) is 18.3. The molecular weight excluding hydrogens is 252 g/mol. The van der Waals surface area contributed by atoms with Crippen molar-refractivity contribution < 1.29 is 4.79 Å². The highest BCUT2D eigenvalue weighted by Gasteiger charge is 2.21. The molecule has 0 radical (unpaired) electrons. The molecule has 0 bridgehead atoms. The van der Waals surface area contributed by atoms with Gasteiger partial charge in [0.1, 0.15) is 11.8 Å². The maximum atomic E-state index is 12.4. The zero-order valence-electron chi connectivity index (χ0n) is 11.8. The molecule has 1 aliphatic rings. The minimum atomic E-state index is -0.0532. The number of hydrogen-bond donors (Lipinski definition) is 1. The van der Waals surface area contributed by atoms with E-state index in [0.717, 1.165) is 26.1 Å². The Labute approximate surface area is 119 Å². The molecule has 1 aromatic heterocycles. The molecular formula is C15H20N4O. The van der Waals surface area contributed by atoms with E-state index >= 15 is 0 Å². The lowest BCUT2D eigenvalue weighted by Gasteiger charge is -2.29. The van der Waals surface area contributed by atoms with Crippen LogP contribution in [0.4, 0.5) is 0 Å². The van der Waals surface area contributed by atoms with Crippen LogP contribution in [0.1, 0.15) is 35.8 Å². The zero-order chi connectivity index (χ0) is 14.4. The van der Waals surface area contributed by atoms with Gasteiger partial charge in [-0.15, -0.1) is 0 Å². The number of rotatable bonds is 4. The van der Waals surface area contributed by atoms with Crippen molar-refractivity contribution in [2.45, 2.75) is 19.8 Å². The molecule has 0 saturated carbocycles. The van der Waals surface area contributed by atoms with E-state index in [4.69, 9.17) is 5.26 Å². The van der Waals surface area contributed by atoms with Gasteiger partial charge >= 0.3 is 0 Å². The quantitative estimate of drug-likeness (QED) is 0.900. The van der Waals surface area contributed by atoms with Gasteiger partial charge in [-0.2, -0.15) is 5.26 Å². The van der Waals surface area contributed by atoms with E-state index in [0.29, 0.717) is 23.7 Å². The molecule has 5 nitrogen and oxygen atoms in total. The number of nitriles is 1. The van der Waals surface area contributed by atoms with Crippen molar-refractivity contribution >= 4 is 5.91 Å². The maximum Gasteiger partial charge on any atom is 0.272 e. The summed E-state index contributed by atoms with van der Waals surface area (Å²) in [6.07, 6.45) is 3.78. The first-order valence-electron chi connectivity index (χ1n) is 7.10. The van der Waals surface area contributed by atoms with Gasteiger partial charge in [0.15, 0.2) is 0 Å². The number of nitrogens with one attached hydrogen (secondary N) is 1. The van der Waals surface area contributed by atoms with Crippen LogP contribution in [-0.2, 0) is 0 Å². The van der Waals surface area contributed by atoms with Crippen LogP contribution >= 0.6 is 0 Å². The Hall–Kier alpha value is -1.93. The fourth-order valence-electron chi connectivity index (χ4n) is 2.50. The Bertz CT molecular complexity index is 486. The smallest absolute Gasteiger partial charge is 0.272 e. The van der Waals surface area contributed by atoms with E-state index in [1.807, 2.05) is 17.9 Å². The molecule has 2 rings (SSSR count). The third kappa shape index (κ3) is 3.55. The molecule has 1 atom stereocenters. The van der Waals surface area contributed by atoms with Gasteiger partial charge < -0.3 is 10.2 Å². The molecule has 2 heterocycles. The Morgan fingerprint density at radius 1 is 1.60 bits per heavy atom. The highest BCUT2D eigenvalue weighted by Crippen LogP contribution is 2.13. The van der Waals surface area contributed by atoms with Crippen LogP contribution in [0.5, 0.6) is 0 Å². The summed E-state index contributed by atoms with van der Waals surface area (Å²) < 4.78 is 0. The number of pyridine rings is 1. The summed E-state index contributed by atoms with van der Waals surface area (Å²) >= 11 is 0. The number of nitrogens with zero attached hydrogens (tertiary/aromatic N) is 3. The average Bonchev–Trinajstić information content (AvgIpc) is 2.53. The van der Waals surface area contributed by atoms with Gasteiger partial charge in [-0.05, 0) is 50.9 Å². The molecule has 20 heavy (non-hydrogen) atoms. The van der Waals surface area contributed by atoms with E-state index in [2.05, 4.69) is 10.3 Å². The topological polar surface area (TPSA) is 69.0 Å². The maximum absolute atomic E-state index is 12.4. The molecule has 5 heteroatoms. The minimum Gasteiger partial charge on any atom is -0.337 e. The predicted molar refractivity (Wildman–Crippen MR) is 76.1 cm³/mol.